The smallest absolute Gasteiger partial charge is 0.395 e. The highest BCUT2D eigenvalue weighted by Crippen LogP contribution is 2.30. The molecule has 1 unspecified atom stereocenters. The molecule has 0 radical (unpaired) electrons. The van der Waals surface area contributed by atoms with Crippen molar-refractivity contribution in [2.45, 2.75) is 37.5 Å². The van der Waals surface area contributed by atoms with E-state index in [1.54, 1.807) is 6.92 Å². The Labute approximate surface area is 109 Å². The molecule has 0 rings (SSSR count). The van der Waals surface area contributed by atoms with E-state index in [9.17, 15) is 22.0 Å². The van der Waals surface area contributed by atoms with Crippen molar-refractivity contribution in [3.8, 4) is 0 Å². The Kier molecular flexibility index (Phi) is 6.53. The summed E-state index contributed by atoms with van der Waals surface area (Å²) in [6.07, 6.45) is -1.73. The zero-order valence-electron chi connectivity index (χ0n) is 10.3. The first-order valence-electron chi connectivity index (χ1n) is 5.41. The Morgan fingerprint density at radius 1 is 1.47 bits per heavy atom. The number of carboxylic acids is 1. The number of aliphatic carboxylic acids is 1. The second-order valence-corrected chi connectivity index (χ2v) is 5.38. The molecule has 0 spiro atoms. The number of halogens is 2. The molecule has 0 aliphatic heterocycles. The number of hydrogen-bond acceptors (Lipinski definition) is 4. The Bertz CT molecular complexity index is 431. The number of carboxylic acid groups (broad SMARTS) is 1. The van der Waals surface area contributed by atoms with E-state index in [1.807, 2.05) is 0 Å². The van der Waals surface area contributed by atoms with Crippen molar-refractivity contribution >= 4 is 16.1 Å². The van der Waals surface area contributed by atoms with Crippen LogP contribution in [0.3, 0.4) is 0 Å². The SMILES string of the molecule is C=C(COC(CCCC)C(F)(F)S(=O)(=O)O)C(=O)O. The van der Waals surface area contributed by atoms with Crippen molar-refractivity contribution in [3.63, 3.8) is 0 Å². The molecule has 6 nitrogen and oxygen atoms in total. The maximum Gasteiger partial charge on any atom is 0.395 e. The van der Waals surface area contributed by atoms with Crippen molar-refractivity contribution < 1.29 is 36.4 Å². The maximum atomic E-state index is 13.4. The molecule has 0 aliphatic rings. The fourth-order valence-electron chi connectivity index (χ4n) is 1.17. The number of carbonyl (C=O) groups is 1. The summed E-state index contributed by atoms with van der Waals surface area (Å²) in [6, 6.07) is 0. The van der Waals surface area contributed by atoms with Crippen molar-refractivity contribution in [2.75, 3.05) is 6.61 Å². The third kappa shape index (κ3) is 5.21. The first-order valence-corrected chi connectivity index (χ1v) is 6.85. The fraction of sp³-hybridized carbons (Fsp3) is 0.700. The van der Waals surface area contributed by atoms with Crippen molar-refractivity contribution in [1.29, 1.82) is 0 Å². The van der Waals surface area contributed by atoms with Crippen LogP contribution in [0.15, 0.2) is 12.2 Å². The molecule has 19 heavy (non-hydrogen) atoms. The van der Waals surface area contributed by atoms with Gasteiger partial charge in [0, 0.05) is 0 Å². The molecular formula is C10H16F2O6S. The normalized spacial score (nSPS) is 14.1. The second kappa shape index (κ2) is 6.92. The number of rotatable bonds is 9. The fourth-order valence-corrected chi connectivity index (χ4v) is 1.69. The number of hydrogen-bond donors (Lipinski definition) is 2. The Hall–Kier alpha value is -1.06. The van der Waals surface area contributed by atoms with E-state index in [0.717, 1.165) is 0 Å². The van der Waals surface area contributed by atoms with Gasteiger partial charge in [0.15, 0.2) is 0 Å². The molecule has 0 heterocycles. The summed E-state index contributed by atoms with van der Waals surface area (Å²) in [7, 11) is -5.64. The summed E-state index contributed by atoms with van der Waals surface area (Å²) in [5.41, 5.74) is -0.493. The molecule has 2 N–H and O–H groups in total. The van der Waals surface area contributed by atoms with Crippen LogP contribution < -0.4 is 0 Å². The van der Waals surface area contributed by atoms with Crippen LogP contribution in [0.4, 0.5) is 8.78 Å². The minimum absolute atomic E-state index is 0.231. The van der Waals surface area contributed by atoms with E-state index in [2.05, 4.69) is 11.3 Å². The number of alkyl halides is 2. The van der Waals surface area contributed by atoms with Crippen LogP contribution in [0, 0.1) is 0 Å². The van der Waals surface area contributed by atoms with E-state index in [-0.39, 0.29) is 12.8 Å². The van der Waals surface area contributed by atoms with E-state index < -0.39 is 39.6 Å². The molecule has 112 valence electrons. The Morgan fingerprint density at radius 2 is 2.00 bits per heavy atom. The minimum atomic E-state index is -5.64. The van der Waals surface area contributed by atoms with Gasteiger partial charge in [-0.15, -0.1) is 0 Å². The average Bonchev–Trinajstić information content (AvgIpc) is 2.26. The lowest BCUT2D eigenvalue weighted by Crippen LogP contribution is -2.43. The molecule has 1 atom stereocenters. The van der Waals surface area contributed by atoms with Crippen LogP contribution in [-0.4, -0.2) is 42.0 Å². The quantitative estimate of drug-likeness (QED) is 0.496. The molecule has 0 aromatic carbocycles. The van der Waals surface area contributed by atoms with E-state index >= 15 is 0 Å². The van der Waals surface area contributed by atoms with E-state index in [4.69, 9.17) is 9.66 Å². The molecule has 0 fully saturated rings. The van der Waals surface area contributed by atoms with Gasteiger partial charge in [0.1, 0.15) is 6.10 Å². The third-order valence-electron chi connectivity index (χ3n) is 2.30. The summed E-state index contributed by atoms with van der Waals surface area (Å²) in [4.78, 5) is 10.4. The summed E-state index contributed by atoms with van der Waals surface area (Å²) < 4.78 is 61.2. The van der Waals surface area contributed by atoms with Crippen LogP contribution in [0.1, 0.15) is 26.2 Å². The molecule has 0 amide bonds. The number of ether oxygens (including phenoxy) is 1. The summed E-state index contributed by atoms with van der Waals surface area (Å²) in [5, 5.41) is 4.00. The van der Waals surface area contributed by atoms with E-state index in [1.165, 1.54) is 0 Å². The third-order valence-corrected chi connectivity index (χ3v) is 3.25. The molecule has 0 aliphatic carbocycles. The monoisotopic (exact) mass is 302 g/mol. The molecule has 0 saturated carbocycles. The highest BCUT2D eigenvalue weighted by atomic mass is 32.2. The predicted molar refractivity (Wildman–Crippen MR) is 62.5 cm³/mol. The standard InChI is InChI=1S/C10H16F2O6S/c1-3-4-5-8(10(11,12)19(15,16)17)18-6-7(2)9(13)14/h8H,2-6H2,1H3,(H,13,14)(H,15,16,17). The second-order valence-electron chi connectivity index (χ2n) is 3.89. The zero-order valence-corrected chi connectivity index (χ0v) is 11.1. The lowest BCUT2D eigenvalue weighted by molar-refractivity contribution is -0.134. The van der Waals surface area contributed by atoms with Gasteiger partial charge in [-0.3, -0.25) is 4.55 Å². The van der Waals surface area contributed by atoms with Crippen molar-refractivity contribution in [3.05, 3.63) is 12.2 Å². The summed E-state index contributed by atoms with van der Waals surface area (Å²) >= 11 is 0. The van der Waals surface area contributed by atoms with Gasteiger partial charge in [-0.2, -0.15) is 17.2 Å². The zero-order chi connectivity index (χ0) is 15.3. The highest BCUT2D eigenvalue weighted by Gasteiger charge is 2.52. The van der Waals surface area contributed by atoms with Crippen LogP contribution in [0.2, 0.25) is 0 Å². The average molecular weight is 302 g/mol. The van der Waals surface area contributed by atoms with Gasteiger partial charge in [0.2, 0.25) is 0 Å². The van der Waals surface area contributed by atoms with Crippen molar-refractivity contribution in [1.82, 2.24) is 0 Å². The van der Waals surface area contributed by atoms with E-state index in [0.29, 0.717) is 6.42 Å². The first kappa shape index (κ1) is 17.9. The topological polar surface area (TPSA) is 101 Å². The van der Waals surface area contributed by atoms with Gasteiger partial charge in [-0.25, -0.2) is 4.79 Å². The Balaban J connectivity index is 4.92. The van der Waals surface area contributed by atoms with Gasteiger partial charge in [-0.1, -0.05) is 26.3 Å². The van der Waals surface area contributed by atoms with Gasteiger partial charge in [0.05, 0.1) is 12.2 Å². The van der Waals surface area contributed by atoms with Gasteiger partial charge in [-0.05, 0) is 6.42 Å². The maximum absolute atomic E-state index is 13.4. The molecule has 0 aromatic rings. The van der Waals surface area contributed by atoms with Crippen molar-refractivity contribution in [2.24, 2.45) is 0 Å². The summed E-state index contributed by atoms with van der Waals surface area (Å²) in [5.74, 6) is -1.44. The number of unbranched alkanes of at least 4 members (excludes halogenated alkanes) is 1. The highest BCUT2D eigenvalue weighted by molar-refractivity contribution is 7.86. The molecule has 9 heteroatoms. The molecular weight excluding hydrogens is 286 g/mol. The lowest BCUT2D eigenvalue weighted by Gasteiger charge is -2.24. The van der Waals surface area contributed by atoms with Crippen LogP contribution in [0.25, 0.3) is 0 Å². The molecule has 0 bridgehead atoms. The summed E-state index contributed by atoms with van der Waals surface area (Å²) in [6.45, 7) is 4.01. The van der Waals surface area contributed by atoms with Gasteiger partial charge >= 0.3 is 21.3 Å². The molecule has 0 saturated heterocycles. The Morgan fingerprint density at radius 3 is 2.37 bits per heavy atom. The first-order chi connectivity index (χ1) is 8.54. The van der Waals surface area contributed by atoms with Crippen LogP contribution in [0.5, 0.6) is 0 Å². The van der Waals surface area contributed by atoms with Gasteiger partial charge in [0.25, 0.3) is 0 Å². The van der Waals surface area contributed by atoms with Gasteiger partial charge < -0.3 is 9.84 Å². The minimum Gasteiger partial charge on any atom is -0.478 e. The van der Waals surface area contributed by atoms with Crippen LogP contribution >= 0.6 is 0 Å². The largest absolute Gasteiger partial charge is 0.478 e. The predicted octanol–water partition coefficient (Wildman–Crippen LogP) is 1.68. The molecule has 0 aromatic heterocycles. The van der Waals surface area contributed by atoms with Crippen LogP contribution in [-0.2, 0) is 19.6 Å². The lowest BCUT2D eigenvalue weighted by atomic mass is 10.1.